The maximum atomic E-state index is 13.4. The minimum Gasteiger partial charge on any atom is -0.481 e. The first-order valence-electron chi connectivity index (χ1n) is 13.4. The molecular weight excluding hydrogens is 607 g/mol. The van der Waals surface area contributed by atoms with E-state index in [-0.39, 0.29) is 47.1 Å². The Balaban J connectivity index is 1.13. The highest BCUT2D eigenvalue weighted by Crippen LogP contribution is 2.34. The molecule has 0 aliphatic rings. The van der Waals surface area contributed by atoms with Gasteiger partial charge in [0.2, 0.25) is 33.9 Å². The molecule has 4 heterocycles. The highest BCUT2D eigenvalue weighted by Gasteiger charge is 2.22. The third kappa shape index (κ3) is 5.25. The maximum absolute atomic E-state index is 13.4. The van der Waals surface area contributed by atoms with Crippen LogP contribution in [-0.2, 0) is 13.2 Å². The Labute approximate surface area is 258 Å². The molecule has 0 saturated heterocycles. The molecule has 0 amide bonds. The highest BCUT2D eigenvalue weighted by atomic mass is 35.5. The van der Waals surface area contributed by atoms with Crippen molar-refractivity contribution in [2.75, 3.05) is 0 Å². The predicted molar refractivity (Wildman–Crippen MR) is 165 cm³/mol. The smallest absolute Gasteiger partial charge is 0.235 e. The summed E-state index contributed by atoms with van der Waals surface area (Å²) in [6, 6.07) is 23.7. The second kappa shape index (κ2) is 11.5. The van der Waals surface area contributed by atoms with Crippen molar-refractivity contribution in [3.63, 3.8) is 0 Å². The van der Waals surface area contributed by atoms with Gasteiger partial charge in [-0.1, -0.05) is 47.5 Å². The van der Waals surface area contributed by atoms with Crippen molar-refractivity contribution < 1.29 is 27.1 Å². The topological polar surface area (TPSA) is 105 Å². The quantitative estimate of drug-likeness (QED) is 0.165. The van der Waals surface area contributed by atoms with Crippen LogP contribution in [0.1, 0.15) is 11.1 Å². The van der Waals surface area contributed by atoms with E-state index in [1.54, 1.807) is 60.7 Å². The van der Waals surface area contributed by atoms with Gasteiger partial charge in [-0.2, -0.15) is 0 Å². The lowest BCUT2D eigenvalue weighted by Crippen LogP contribution is -2.11. The molecule has 0 N–H and O–H groups in total. The molecule has 0 bridgehead atoms. The largest absolute Gasteiger partial charge is 0.481 e. The van der Waals surface area contributed by atoms with Gasteiger partial charge in [-0.3, -0.25) is 9.59 Å². The molecule has 0 spiro atoms. The van der Waals surface area contributed by atoms with Crippen LogP contribution in [0.2, 0.25) is 10.0 Å². The van der Waals surface area contributed by atoms with E-state index in [9.17, 15) is 9.59 Å². The summed E-state index contributed by atoms with van der Waals surface area (Å²) < 4.78 is 35.0. The Hall–Kier alpha value is -5.18. The zero-order valence-electron chi connectivity index (χ0n) is 22.7. The van der Waals surface area contributed by atoms with Gasteiger partial charge >= 0.3 is 0 Å². The fraction of sp³-hybridized carbons (Fsp3) is 0.0588. The molecule has 0 fully saturated rings. The minimum atomic E-state index is -0.368. The van der Waals surface area contributed by atoms with Crippen LogP contribution in [0.3, 0.4) is 0 Å². The summed E-state index contributed by atoms with van der Waals surface area (Å²) in [5.41, 5.74) is 1.55. The Morgan fingerprint density at radius 2 is 1.00 bits per heavy atom. The lowest BCUT2D eigenvalue weighted by molar-refractivity contribution is 0.293. The molecule has 3 aromatic carbocycles. The number of ether oxygens (including phenoxy) is 2. The van der Waals surface area contributed by atoms with E-state index < -0.39 is 0 Å². The summed E-state index contributed by atoms with van der Waals surface area (Å²) in [6.45, 7) is 0.146. The molecule has 0 aliphatic carbocycles. The average molecular weight is 627 g/mol. The standard InChI is InChI=1S/C34H20Cl2O8/c35-21-9-11-25-23(15-21)29(37)33(31(43-25)27-3-1-13-39-27)41-17-19-5-7-20(8-6-19)18-42-34-30(38)24-16-22(36)10-12-26(24)44-32(34)28-4-2-14-40-28/h1-16H,17-18H2. The maximum Gasteiger partial charge on any atom is 0.235 e. The van der Waals surface area contributed by atoms with Gasteiger partial charge in [0.25, 0.3) is 0 Å². The average Bonchev–Trinajstić information content (AvgIpc) is 3.77. The van der Waals surface area contributed by atoms with Crippen LogP contribution >= 0.6 is 23.2 Å². The van der Waals surface area contributed by atoms with Crippen molar-refractivity contribution in [2.45, 2.75) is 13.2 Å². The molecule has 10 heteroatoms. The van der Waals surface area contributed by atoms with Crippen LogP contribution in [0.15, 0.2) is 125 Å². The molecule has 218 valence electrons. The van der Waals surface area contributed by atoms with Gasteiger partial charge in [0.15, 0.2) is 11.5 Å². The van der Waals surface area contributed by atoms with Crippen molar-refractivity contribution in [3.05, 3.63) is 139 Å². The van der Waals surface area contributed by atoms with Crippen LogP contribution in [-0.4, -0.2) is 0 Å². The summed E-state index contributed by atoms with van der Waals surface area (Å²) in [7, 11) is 0. The molecule has 7 rings (SSSR count). The van der Waals surface area contributed by atoms with Crippen molar-refractivity contribution >= 4 is 45.1 Å². The Kier molecular flexibility index (Phi) is 7.21. The van der Waals surface area contributed by atoms with Gasteiger partial charge < -0.3 is 27.1 Å². The molecule has 44 heavy (non-hydrogen) atoms. The van der Waals surface area contributed by atoms with E-state index in [4.69, 9.17) is 50.3 Å². The molecule has 4 aromatic heterocycles. The second-order valence-electron chi connectivity index (χ2n) is 9.81. The molecule has 0 aliphatic heterocycles. The summed E-state index contributed by atoms with van der Waals surface area (Å²) in [5, 5.41) is 1.40. The monoisotopic (exact) mass is 626 g/mol. The first-order chi connectivity index (χ1) is 21.4. The predicted octanol–water partition coefficient (Wildman–Crippen LogP) is 8.88. The molecular formula is C34H20Cl2O8. The SMILES string of the molecule is O=c1c(OCc2ccc(COc3c(-c4ccco4)oc4ccc(Cl)cc4c3=O)cc2)c(-c2ccco2)oc2ccc(Cl)cc12. The van der Waals surface area contributed by atoms with Gasteiger partial charge in [-0.05, 0) is 71.8 Å². The zero-order chi connectivity index (χ0) is 30.2. The minimum absolute atomic E-state index is 0.00992. The van der Waals surface area contributed by atoms with E-state index in [1.165, 1.54) is 12.5 Å². The van der Waals surface area contributed by atoms with E-state index in [0.29, 0.717) is 43.5 Å². The number of benzene rings is 3. The van der Waals surface area contributed by atoms with E-state index in [2.05, 4.69) is 0 Å². The highest BCUT2D eigenvalue weighted by molar-refractivity contribution is 6.31. The van der Waals surface area contributed by atoms with Crippen molar-refractivity contribution in [1.29, 1.82) is 0 Å². The van der Waals surface area contributed by atoms with Crippen molar-refractivity contribution in [3.8, 4) is 34.5 Å². The van der Waals surface area contributed by atoms with Crippen molar-refractivity contribution in [1.82, 2.24) is 0 Å². The van der Waals surface area contributed by atoms with Gasteiger partial charge in [-0.15, -0.1) is 0 Å². The Morgan fingerprint density at radius 3 is 1.39 bits per heavy atom. The summed E-state index contributed by atoms with van der Waals surface area (Å²) in [6.07, 6.45) is 2.97. The van der Waals surface area contributed by atoms with Crippen LogP contribution in [0.5, 0.6) is 11.5 Å². The Morgan fingerprint density at radius 1 is 0.568 bits per heavy atom. The van der Waals surface area contributed by atoms with Crippen LogP contribution in [0, 0.1) is 0 Å². The molecule has 7 aromatic rings. The van der Waals surface area contributed by atoms with E-state index in [1.807, 2.05) is 24.3 Å². The van der Waals surface area contributed by atoms with Gasteiger partial charge in [0.05, 0.1) is 23.3 Å². The summed E-state index contributed by atoms with van der Waals surface area (Å²) in [4.78, 5) is 26.8. The second-order valence-corrected chi connectivity index (χ2v) is 10.7. The number of hydrogen-bond acceptors (Lipinski definition) is 8. The molecule has 8 nitrogen and oxygen atoms in total. The number of hydrogen-bond donors (Lipinski definition) is 0. The van der Waals surface area contributed by atoms with Crippen LogP contribution in [0.25, 0.3) is 45.0 Å². The first kappa shape index (κ1) is 27.6. The number of halogens is 2. The summed E-state index contributed by atoms with van der Waals surface area (Å²) in [5.74, 6) is 1.10. The van der Waals surface area contributed by atoms with Gasteiger partial charge in [0, 0.05) is 10.0 Å². The molecule has 0 saturated carbocycles. The number of fused-ring (bicyclic) bond motifs is 2. The Bertz CT molecular complexity index is 2070. The first-order valence-corrected chi connectivity index (χ1v) is 14.1. The number of furan rings is 2. The molecule has 0 unspecified atom stereocenters. The number of rotatable bonds is 8. The fourth-order valence-corrected chi connectivity index (χ4v) is 5.09. The normalized spacial score (nSPS) is 11.3. The van der Waals surface area contributed by atoms with E-state index in [0.717, 1.165) is 11.1 Å². The third-order valence-electron chi connectivity index (χ3n) is 6.90. The van der Waals surface area contributed by atoms with Crippen LogP contribution in [0.4, 0.5) is 0 Å². The van der Waals surface area contributed by atoms with E-state index >= 15 is 0 Å². The van der Waals surface area contributed by atoms with Gasteiger partial charge in [-0.25, -0.2) is 0 Å². The zero-order valence-corrected chi connectivity index (χ0v) is 24.2. The van der Waals surface area contributed by atoms with Gasteiger partial charge in [0.1, 0.15) is 24.4 Å². The van der Waals surface area contributed by atoms with Crippen molar-refractivity contribution in [2.24, 2.45) is 0 Å². The van der Waals surface area contributed by atoms with Crippen LogP contribution < -0.4 is 20.3 Å². The fourth-order valence-electron chi connectivity index (χ4n) is 4.75. The lowest BCUT2D eigenvalue weighted by atomic mass is 10.1. The molecule has 0 atom stereocenters. The third-order valence-corrected chi connectivity index (χ3v) is 7.37. The molecule has 0 radical (unpaired) electrons. The summed E-state index contributed by atoms with van der Waals surface area (Å²) >= 11 is 12.3. The lowest BCUT2D eigenvalue weighted by Gasteiger charge is -2.12.